The Bertz CT molecular complexity index is 571. The summed E-state index contributed by atoms with van der Waals surface area (Å²) < 4.78 is 5.51. The lowest BCUT2D eigenvalue weighted by molar-refractivity contribution is -0.384. The number of rotatable bonds is 5. The van der Waals surface area contributed by atoms with E-state index in [1.54, 1.807) is 24.4 Å². The highest BCUT2D eigenvalue weighted by Gasteiger charge is 2.06. The number of anilines is 1. The van der Waals surface area contributed by atoms with Gasteiger partial charge in [0.15, 0.2) is 0 Å². The number of pyridine rings is 1. The highest BCUT2D eigenvalue weighted by atomic mass is 16.6. The van der Waals surface area contributed by atoms with Crippen LogP contribution in [0.4, 0.5) is 11.5 Å². The second-order valence-corrected chi connectivity index (χ2v) is 3.70. The van der Waals surface area contributed by atoms with Crippen molar-refractivity contribution in [2.75, 3.05) is 5.43 Å². The number of nitrogens with two attached hydrogens (primary N) is 1. The molecule has 0 spiro atoms. The first-order valence-corrected chi connectivity index (χ1v) is 5.48. The van der Waals surface area contributed by atoms with Crippen LogP contribution in [-0.4, -0.2) is 9.91 Å². The molecule has 0 aliphatic heterocycles. The van der Waals surface area contributed by atoms with Gasteiger partial charge in [-0.15, -0.1) is 0 Å². The summed E-state index contributed by atoms with van der Waals surface area (Å²) in [6.07, 6.45) is 1.62. The number of benzene rings is 1. The predicted octanol–water partition coefficient (Wildman–Crippen LogP) is 1.85. The molecule has 0 radical (unpaired) electrons. The van der Waals surface area contributed by atoms with Crippen LogP contribution >= 0.6 is 0 Å². The lowest BCUT2D eigenvalue weighted by atomic mass is 10.2. The number of ether oxygens (including phenoxy) is 1. The zero-order chi connectivity index (χ0) is 13.7. The number of nitrogens with zero attached hydrogens (tertiary/aromatic N) is 2. The maximum Gasteiger partial charge on any atom is 0.269 e. The summed E-state index contributed by atoms with van der Waals surface area (Å²) in [5.41, 5.74) is 3.30. The molecule has 1 heterocycles. The lowest BCUT2D eigenvalue weighted by Gasteiger charge is -2.09. The SMILES string of the molecule is NNc1ncccc1COc1ccc([N+](=O)[O-])cc1. The van der Waals surface area contributed by atoms with Crippen LogP contribution in [0.25, 0.3) is 0 Å². The normalized spacial score (nSPS) is 9.95. The van der Waals surface area contributed by atoms with E-state index in [0.29, 0.717) is 11.6 Å². The molecule has 19 heavy (non-hydrogen) atoms. The molecule has 0 atom stereocenters. The molecular formula is C12H12N4O3. The molecule has 0 unspecified atom stereocenters. The van der Waals surface area contributed by atoms with Crippen LogP contribution in [0.15, 0.2) is 42.6 Å². The maximum absolute atomic E-state index is 10.5. The molecule has 0 amide bonds. The first kappa shape index (κ1) is 12.8. The van der Waals surface area contributed by atoms with Crippen molar-refractivity contribution in [1.82, 2.24) is 4.98 Å². The van der Waals surface area contributed by atoms with Gasteiger partial charge >= 0.3 is 0 Å². The molecule has 98 valence electrons. The minimum atomic E-state index is -0.457. The fourth-order valence-corrected chi connectivity index (χ4v) is 1.51. The molecule has 0 saturated heterocycles. The van der Waals surface area contributed by atoms with Crippen LogP contribution in [0.5, 0.6) is 5.75 Å². The Morgan fingerprint density at radius 3 is 2.68 bits per heavy atom. The number of non-ortho nitro benzene ring substituents is 1. The van der Waals surface area contributed by atoms with E-state index < -0.39 is 4.92 Å². The first-order chi connectivity index (χ1) is 9.20. The minimum Gasteiger partial charge on any atom is -0.489 e. The zero-order valence-electron chi connectivity index (χ0n) is 9.95. The monoisotopic (exact) mass is 260 g/mol. The van der Waals surface area contributed by atoms with Crippen molar-refractivity contribution in [2.45, 2.75) is 6.61 Å². The van der Waals surface area contributed by atoms with Gasteiger partial charge in [0.25, 0.3) is 5.69 Å². The van der Waals surface area contributed by atoms with Gasteiger partial charge in [0.05, 0.1) is 4.92 Å². The van der Waals surface area contributed by atoms with E-state index in [-0.39, 0.29) is 12.3 Å². The summed E-state index contributed by atoms with van der Waals surface area (Å²) >= 11 is 0. The van der Waals surface area contributed by atoms with Crippen molar-refractivity contribution >= 4 is 11.5 Å². The third-order valence-electron chi connectivity index (χ3n) is 2.47. The minimum absolute atomic E-state index is 0.0260. The number of hydrogen-bond donors (Lipinski definition) is 2. The standard InChI is InChI=1S/C12H12N4O3/c13-15-12-9(2-1-7-14-12)8-19-11-5-3-10(4-6-11)16(17)18/h1-7H,8,13H2,(H,14,15). The number of aromatic nitrogens is 1. The van der Waals surface area contributed by atoms with Gasteiger partial charge in [-0.25, -0.2) is 10.8 Å². The van der Waals surface area contributed by atoms with Crippen molar-refractivity contribution in [3.63, 3.8) is 0 Å². The summed E-state index contributed by atoms with van der Waals surface area (Å²) in [6.45, 7) is 0.269. The molecular weight excluding hydrogens is 248 g/mol. The molecule has 0 saturated carbocycles. The highest BCUT2D eigenvalue weighted by molar-refractivity contribution is 5.42. The van der Waals surface area contributed by atoms with E-state index in [1.807, 2.05) is 6.07 Å². The molecule has 7 heteroatoms. The Balaban J connectivity index is 2.04. The third-order valence-corrected chi connectivity index (χ3v) is 2.47. The van der Waals surface area contributed by atoms with Gasteiger partial charge in [0.2, 0.25) is 0 Å². The van der Waals surface area contributed by atoms with Gasteiger partial charge in [-0.3, -0.25) is 10.1 Å². The summed E-state index contributed by atoms with van der Waals surface area (Å²) in [4.78, 5) is 14.1. The van der Waals surface area contributed by atoms with Crippen molar-refractivity contribution in [3.05, 3.63) is 58.3 Å². The molecule has 0 bridgehead atoms. The van der Waals surface area contributed by atoms with E-state index in [2.05, 4.69) is 10.4 Å². The summed E-state index contributed by atoms with van der Waals surface area (Å²) in [5.74, 6) is 6.40. The highest BCUT2D eigenvalue weighted by Crippen LogP contribution is 2.19. The Morgan fingerprint density at radius 2 is 2.05 bits per heavy atom. The van der Waals surface area contributed by atoms with Crippen molar-refractivity contribution < 1.29 is 9.66 Å². The van der Waals surface area contributed by atoms with Crippen LogP contribution in [0, 0.1) is 10.1 Å². The third kappa shape index (κ3) is 3.17. The van der Waals surface area contributed by atoms with E-state index in [1.165, 1.54) is 12.1 Å². The maximum atomic E-state index is 10.5. The van der Waals surface area contributed by atoms with Gasteiger partial charge in [-0.2, -0.15) is 0 Å². The fourth-order valence-electron chi connectivity index (χ4n) is 1.51. The van der Waals surface area contributed by atoms with Gasteiger partial charge in [0.1, 0.15) is 18.2 Å². The number of nitrogens with one attached hydrogen (secondary N) is 1. The van der Waals surface area contributed by atoms with Crippen LogP contribution in [0.3, 0.4) is 0 Å². The van der Waals surface area contributed by atoms with Crippen molar-refractivity contribution in [3.8, 4) is 5.75 Å². The summed E-state index contributed by atoms with van der Waals surface area (Å²) in [6, 6.07) is 9.47. The number of hydrogen-bond acceptors (Lipinski definition) is 6. The zero-order valence-corrected chi connectivity index (χ0v) is 9.95. The largest absolute Gasteiger partial charge is 0.489 e. The first-order valence-electron chi connectivity index (χ1n) is 5.48. The fraction of sp³-hybridized carbons (Fsp3) is 0.0833. The topological polar surface area (TPSA) is 103 Å². The second kappa shape index (κ2) is 5.78. The van der Waals surface area contributed by atoms with Crippen molar-refractivity contribution in [2.24, 2.45) is 5.84 Å². The van der Waals surface area contributed by atoms with Crippen LogP contribution in [-0.2, 0) is 6.61 Å². The summed E-state index contributed by atoms with van der Waals surface area (Å²) in [5, 5.41) is 10.5. The van der Waals surface area contributed by atoms with E-state index in [0.717, 1.165) is 5.56 Å². The molecule has 1 aromatic heterocycles. The average Bonchev–Trinajstić information content (AvgIpc) is 2.45. The van der Waals surface area contributed by atoms with Gasteiger partial charge in [-0.1, -0.05) is 6.07 Å². The Labute approximate surface area is 109 Å². The van der Waals surface area contributed by atoms with Crippen LogP contribution < -0.4 is 16.0 Å². The molecule has 1 aromatic carbocycles. The summed E-state index contributed by atoms with van der Waals surface area (Å²) in [7, 11) is 0. The van der Waals surface area contributed by atoms with E-state index in [4.69, 9.17) is 10.6 Å². The van der Waals surface area contributed by atoms with E-state index in [9.17, 15) is 10.1 Å². The predicted molar refractivity (Wildman–Crippen MR) is 69.5 cm³/mol. The van der Waals surface area contributed by atoms with E-state index >= 15 is 0 Å². The molecule has 2 rings (SSSR count). The molecule has 3 N–H and O–H groups in total. The lowest BCUT2D eigenvalue weighted by Crippen LogP contribution is -2.12. The molecule has 7 nitrogen and oxygen atoms in total. The average molecular weight is 260 g/mol. The molecule has 0 aliphatic rings. The Morgan fingerprint density at radius 1 is 1.32 bits per heavy atom. The second-order valence-electron chi connectivity index (χ2n) is 3.70. The molecule has 2 aromatic rings. The molecule has 0 fully saturated rings. The Hall–Kier alpha value is -2.67. The van der Waals surface area contributed by atoms with Gasteiger partial charge in [-0.05, 0) is 18.2 Å². The van der Waals surface area contributed by atoms with Crippen LogP contribution in [0.1, 0.15) is 5.56 Å². The smallest absolute Gasteiger partial charge is 0.269 e. The quantitative estimate of drug-likeness (QED) is 0.483. The van der Waals surface area contributed by atoms with Crippen molar-refractivity contribution in [1.29, 1.82) is 0 Å². The number of nitro groups is 1. The Kier molecular flexibility index (Phi) is 3.89. The van der Waals surface area contributed by atoms with Gasteiger partial charge in [0, 0.05) is 23.9 Å². The van der Waals surface area contributed by atoms with Gasteiger partial charge < -0.3 is 10.2 Å². The molecule has 0 aliphatic carbocycles. The number of nitrogen functional groups attached to an aromatic ring is 1. The van der Waals surface area contributed by atoms with Crippen LogP contribution in [0.2, 0.25) is 0 Å². The number of nitro benzene ring substituents is 1. The number of hydrazine groups is 1.